The fourth-order valence-corrected chi connectivity index (χ4v) is 2.42. The van der Waals surface area contributed by atoms with Crippen molar-refractivity contribution >= 4 is 11.3 Å². The predicted molar refractivity (Wildman–Crippen MR) is 59.5 cm³/mol. The average Bonchev–Trinajstić information content (AvgIpc) is 2.69. The van der Waals surface area contributed by atoms with E-state index in [9.17, 15) is 0 Å². The lowest BCUT2D eigenvalue weighted by molar-refractivity contribution is -0.00644. The Bertz CT molecular complexity index is 260. The maximum absolute atomic E-state index is 5.88. The van der Waals surface area contributed by atoms with Crippen LogP contribution in [-0.4, -0.2) is 19.2 Å². The van der Waals surface area contributed by atoms with Gasteiger partial charge in [-0.3, -0.25) is 0 Å². The first kappa shape index (κ1) is 10.1. The number of piperidine rings is 1. The molecule has 0 aliphatic carbocycles. The molecule has 78 valence electrons. The monoisotopic (exact) mass is 211 g/mol. The summed E-state index contributed by atoms with van der Waals surface area (Å²) in [4.78, 5) is 0. The Balaban J connectivity index is 1.79. The first-order valence-electron chi connectivity index (χ1n) is 5.19. The Morgan fingerprint density at radius 1 is 1.64 bits per heavy atom. The van der Waals surface area contributed by atoms with Crippen molar-refractivity contribution in [1.29, 1.82) is 0 Å². The molecule has 1 aromatic rings. The van der Waals surface area contributed by atoms with Gasteiger partial charge in [-0.1, -0.05) is 6.92 Å². The van der Waals surface area contributed by atoms with E-state index in [1.807, 2.05) is 0 Å². The molecule has 0 saturated carbocycles. The lowest BCUT2D eigenvalue weighted by atomic mass is 9.97. The van der Waals surface area contributed by atoms with Gasteiger partial charge in [-0.05, 0) is 41.3 Å². The van der Waals surface area contributed by atoms with Gasteiger partial charge in [-0.15, -0.1) is 0 Å². The molecule has 1 aliphatic heterocycles. The molecule has 2 atom stereocenters. The predicted octanol–water partition coefficient (Wildman–Crippen LogP) is 2.26. The van der Waals surface area contributed by atoms with E-state index in [4.69, 9.17) is 4.74 Å². The number of thiophene rings is 1. The zero-order valence-electron chi connectivity index (χ0n) is 8.53. The zero-order valence-corrected chi connectivity index (χ0v) is 9.35. The molecule has 0 bridgehead atoms. The third-order valence-corrected chi connectivity index (χ3v) is 3.53. The summed E-state index contributed by atoms with van der Waals surface area (Å²) in [5.41, 5.74) is 1.30. The van der Waals surface area contributed by atoms with Gasteiger partial charge in [-0.25, -0.2) is 0 Å². The van der Waals surface area contributed by atoms with E-state index in [1.54, 1.807) is 11.3 Å². The maximum Gasteiger partial charge on any atom is 0.0729 e. The summed E-state index contributed by atoms with van der Waals surface area (Å²) in [6.07, 6.45) is 1.62. The molecule has 0 radical (unpaired) electrons. The van der Waals surface area contributed by atoms with Crippen molar-refractivity contribution in [3.63, 3.8) is 0 Å². The molecule has 1 N–H and O–H groups in total. The van der Waals surface area contributed by atoms with Gasteiger partial charge >= 0.3 is 0 Å². The summed E-state index contributed by atoms with van der Waals surface area (Å²) in [7, 11) is 0. The molecular formula is C11H17NOS. The number of ether oxygens (including phenoxy) is 1. The first-order chi connectivity index (χ1) is 6.86. The van der Waals surface area contributed by atoms with E-state index in [-0.39, 0.29) is 0 Å². The Morgan fingerprint density at radius 2 is 2.57 bits per heavy atom. The van der Waals surface area contributed by atoms with Gasteiger partial charge in [0.1, 0.15) is 0 Å². The van der Waals surface area contributed by atoms with Crippen molar-refractivity contribution in [1.82, 2.24) is 5.32 Å². The molecule has 2 rings (SSSR count). The van der Waals surface area contributed by atoms with Gasteiger partial charge in [-0.2, -0.15) is 11.3 Å². The van der Waals surface area contributed by atoms with Crippen molar-refractivity contribution in [3.05, 3.63) is 22.4 Å². The van der Waals surface area contributed by atoms with Crippen molar-refractivity contribution in [3.8, 4) is 0 Å². The third kappa shape index (κ3) is 2.56. The highest BCUT2D eigenvalue weighted by Gasteiger charge is 2.21. The van der Waals surface area contributed by atoms with Crippen LogP contribution in [0.1, 0.15) is 18.9 Å². The summed E-state index contributed by atoms with van der Waals surface area (Å²) in [6.45, 7) is 5.18. The van der Waals surface area contributed by atoms with Crippen LogP contribution >= 0.6 is 11.3 Å². The van der Waals surface area contributed by atoms with Crippen LogP contribution in [0.5, 0.6) is 0 Å². The normalized spacial score (nSPS) is 27.8. The third-order valence-electron chi connectivity index (χ3n) is 2.80. The minimum absolute atomic E-state index is 0.392. The molecule has 2 unspecified atom stereocenters. The lowest BCUT2D eigenvalue weighted by Crippen LogP contribution is -2.40. The Morgan fingerprint density at radius 3 is 3.29 bits per heavy atom. The van der Waals surface area contributed by atoms with Crippen LogP contribution < -0.4 is 5.32 Å². The van der Waals surface area contributed by atoms with Crippen LogP contribution in [0, 0.1) is 5.92 Å². The molecule has 1 fully saturated rings. The summed E-state index contributed by atoms with van der Waals surface area (Å²) >= 11 is 1.73. The van der Waals surface area contributed by atoms with E-state index in [2.05, 4.69) is 29.1 Å². The molecule has 1 aromatic heterocycles. The summed E-state index contributed by atoms with van der Waals surface area (Å²) < 4.78 is 5.88. The largest absolute Gasteiger partial charge is 0.372 e. The maximum atomic E-state index is 5.88. The Labute approximate surface area is 89.3 Å². The van der Waals surface area contributed by atoms with Gasteiger partial charge in [0.2, 0.25) is 0 Å². The van der Waals surface area contributed by atoms with Gasteiger partial charge < -0.3 is 10.1 Å². The van der Waals surface area contributed by atoms with Crippen molar-refractivity contribution < 1.29 is 4.74 Å². The second kappa shape index (κ2) is 4.91. The molecule has 1 aliphatic rings. The van der Waals surface area contributed by atoms with Crippen LogP contribution in [0.15, 0.2) is 16.8 Å². The quantitative estimate of drug-likeness (QED) is 0.828. The SMILES string of the molecule is CC1CCNCC1OCc1ccsc1. The van der Waals surface area contributed by atoms with Gasteiger partial charge in [0.25, 0.3) is 0 Å². The Hall–Kier alpha value is -0.380. The molecule has 2 heterocycles. The second-order valence-corrected chi connectivity index (χ2v) is 4.73. The van der Waals surface area contributed by atoms with E-state index < -0.39 is 0 Å². The van der Waals surface area contributed by atoms with Crippen LogP contribution in [0.4, 0.5) is 0 Å². The summed E-state index contributed by atoms with van der Waals surface area (Å²) in [6, 6.07) is 2.13. The van der Waals surface area contributed by atoms with Crippen molar-refractivity contribution in [2.24, 2.45) is 5.92 Å². The lowest BCUT2D eigenvalue weighted by Gasteiger charge is -2.29. The number of hydrogen-bond acceptors (Lipinski definition) is 3. The topological polar surface area (TPSA) is 21.3 Å². The minimum atomic E-state index is 0.392. The molecule has 0 spiro atoms. The fourth-order valence-electron chi connectivity index (χ4n) is 1.76. The van der Waals surface area contributed by atoms with Crippen LogP contribution in [0.3, 0.4) is 0 Å². The molecular weight excluding hydrogens is 194 g/mol. The smallest absolute Gasteiger partial charge is 0.0729 e. The standard InChI is InChI=1S/C11H17NOS/c1-9-2-4-12-6-11(9)13-7-10-3-5-14-8-10/h3,5,8-9,11-12H,2,4,6-7H2,1H3. The fraction of sp³-hybridized carbons (Fsp3) is 0.636. The molecule has 14 heavy (non-hydrogen) atoms. The van der Waals surface area contributed by atoms with Gasteiger partial charge in [0.05, 0.1) is 12.7 Å². The van der Waals surface area contributed by atoms with E-state index in [0.717, 1.165) is 19.7 Å². The number of nitrogens with one attached hydrogen (secondary N) is 1. The highest BCUT2D eigenvalue weighted by Crippen LogP contribution is 2.17. The van der Waals surface area contributed by atoms with Crippen LogP contribution in [0.25, 0.3) is 0 Å². The highest BCUT2D eigenvalue weighted by atomic mass is 32.1. The van der Waals surface area contributed by atoms with Crippen molar-refractivity contribution in [2.45, 2.75) is 26.1 Å². The second-order valence-electron chi connectivity index (χ2n) is 3.95. The number of hydrogen-bond donors (Lipinski definition) is 1. The zero-order chi connectivity index (χ0) is 9.80. The Kier molecular flexibility index (Phi) is 3.56. The van der Waals surface area contributed by atoms with E-state index in [1.165, 1.54) is 12.0 Å². The first-order valence-corrected chi connectivity index (χ1v) is 6.14. The summed E-state index contributed by atoms with van der Waals surface area (Å²) in [5.74, 6) is 0.690. The molecule has 1 saturated heterocycles. The highest BCUT2D eigenvalue weighted by molar-refractivity contribution is 7.07. The molecule has 0 aromatic carbocycles. The van der Waals surface area contributed by atoms with Crippen LogP contribution in [-0.2, 0) is 11.3 Å². The van der Waals surface area contributed by atoms with Gasteiger partial charge in [0, 0.05) is 6.54 Å². The van der Waals surface area contributed by atoms with E-state index in [0.29, 0.717) is 12.0 Å². The van der Waals surface area contributed by atoms with Crippen LogP contribution in [0.2, 0.25) is 0 Å². The van der Waals surface area contributed by atoms with Gasteiger partial charge in [0.15, 0.2) is 0 Å². The minimum Gasteiger partial charge on any atom is -0.372 e. The molecule has 2 nitrogen and oxygen atoms in total. The molecule has 0 amide bonds. The average molecular weight is 211 g/mol. The summed E-state index contributed by atoms with van der Waals surface area (Å²) in [5, 5.41) is 7.63. The van der Waals surface area contributed by atoms with Crippen molar-refractivity contribution in [2.75, 3.05) is 13.1 Å². The van der Waals surface area contributed by atoms with E-state index >= 15 is 0 Å². The number of rotatable bonds is 3. The molecule has 3 heteroatoms.